The monoisotopic (exact) mass is 268 g/mol. The van der Waals surface area contributed by atoms with Gasteiger partial charge in [-0.1, -0.05) is 0 Å². The number of rotatable bonds is 4. The lowest BCUT2D eigenvalue weighted by atomic mass is 10.1. The number of nitrogens with zero attached hydrogens (tertiary/aromatic N) is 2. The van der Waals surface area contributed by atoms with Crippen molar-refractivity contribution in [2.45, 2.75) is 20.4 Å². The average Bonchev–Trinajstić information content (AvgIpc) is 2.83. The Hall–Kier alpha value is -2.54. The van der Waals surface area contributed by atoms with Crippen LogP contribution in [0.4, 0.5) is 5.69 Å². The zero-order valence-corrected chi connectivity index (χ0v) is 11.8. The van der Waals surface area contributed by atoms with Crippen molar-refractivity contribution in [3.63, 3.8) is 0 Å². The molecule has 0 radical (unpaired) electrons. The van der Waals surface area contributed by atoms with E-state index in [2.05, 4.69) is 6.07 Å². The first-order valence-electron chi connectivity index (χ1n) is 6.32. The smallest absolute Gasteiger partial charge is 0.161 e. The normalized spacial score (nSPS) is 10.1. The number of aryl methyl sites for hydroxylation is 1. The molecule has 2 rings (SSSR count). The number of hydrogen-bond acceptors (Lipinski definition) is 4. The lowest BCUT2D eigenvalue weighted by molar-refractivity contribution is 0.101. The van der Waals surface area contributed by atoms with E-state index >= 15 is 0 Å². The molecule has 0 aliphatic heterocycles. The van der Waals surface area contributed by atoms with Gasteiger partial charge in [0.05, 0.1) is 17.9 Å². The molecule has 20 heavy (non-hydrogen) atoms. The van der Waals surface area contributed by atoms with Crippen molar-refractivity contribution in [1.82, 2.24) is 0 Å². The van der Waals surface area contributed by atoms with Gasteiger partial charge < -0.3 is 9.32 Å². The molecule has 0 atom stereocenters. The Balaban J connectivity index is 2.37. The van der Waals surface area contributed by atoms with Crippen LogP contribution in [0.25, 0.3) is 0 Å². The summed E-state index contributed by atoms with van der Waals surface area (Å²) in [5.41, 5.74) is 2.98. The highest BCUT2D eigenvalue weighted by Crippen LogP contribution is 2.24. The van der Waals surface area contributed by atoms with E-state index in [0.717, 1.165) is 17.0 Å². The number of furan rings is 1. The van der Waals surface area contributed by atoms with Gasteiger partial charge in [0.15, 0.2) is 5.78 Å². The van der Waals surface area contributed by atoms with Crippen molar-refractivity contribution >= 4 is 11.5 Å². The van der Waals surface area contributed by atoms with Gasteiger partial charge in [0.2, 0.25) is 0 Å². The average molecular weight is 268 g/mol. The predicted molar refractivity (Wildman–Crippen MR) is 76.7 cm³/mol. The van der Waals surface area contributed by atoms with E-state index in [-0.39, 0.29) is 5.78 Å². The van der Waals surface area contributed by atoms with Crippen LogP contribution in [0, 0.1) is 18.3 Å². The van der Waals surface area contributed by atoms with Gasteiger partial charge >= 0.3 is 0 Å². The molecule has 0 saturated heterocycles. The lowest BCUT2D eigenvalue weighted by Crippen LogP contribution is -2.19. The van der Waals surface area contributed by atoms with Gasteiger partial charge in [0.25, 0.3) is 0 Å². The molecule has 0 unspecified atom stereocenters. The van der Waals surface area contributed by atoms with Gasteiger partial charge in [-0.3, -0.25) is 4.79 Å². The summed E-state index contributed by atoms with van der Waals surface area (Å²) in [5, 5.41) is 9.01. The topological polar surface area (TPSA) is 57.2 Å². The van der Waals surface area contributed by atoms with Crippen molar-refractivity contribution < 1.29 is 9.21 Å². The fraction of sp³-hybridized carbons (Fsp3) is 0.250. The maximum Gasteiger partial charge on any atom is 0.161 e. The third-order valence-corrected chi connectivity index (χ3v) is 3.29. The second-order valence-electron chi connectivity index (χ2n) is 4.76. The molecule has 0 amide bonds. The van der Waals surface area contributed by atoms with E-state index in [1.807, 2.05) is 24.9 Å². The molecule has 2 aromatic rings. The minimum Gasteiger partial charge on any atom is -0.469 e. The van der Waals surface area contributed by atoms with Crippen LogP contribution in [-0.2, 0) is 6.54 Å². The molecule has 102 valence electrons. The van der Waals surface area contributed by atoms with Crippen LogP contribution >= 0.6 is 0 Å². The number of Topliss-reactive ketones (excluding diaryl/α,β-unsaturated/α-hetero) is 1. The van der Waals surface area contributed by atoms with E-state index in [9.17, 15) is 4.79 Å². The van der Waals surface area contributed by atoms with Gasteiger partial charge in [-0.05, 0) is 38.1 Å². The first-order valence-corrected chi connectivity index (χ1v) is 6.32. The third kappa shape index (κ3) is 2.72. The molecule has 0 fully saturated rings. The second kappa shape index (κ2) is 5.62. The van der Waals surface area contributed by atoms with Crippen LogP contribution in [0.2, 0.25) is 0 Å². The number of carbonyl (C=O) groups is 1. The zero-order valence-electron chi connectivity index (χ0n) is 11.8. The fourth-order valence-electron chi connectivity index (χ4n) is 2.13. The Kier molecular flexibility index (Phi) is 3.90. The summed E-state index contributed by atoms with van der Waals surface area (Å²) in [5.74, 6) is 0.845. The Morgan fingerprint density at radius 2 is 2.15 bits per heavy atom. The number of ketones is 1. The van der Waals surface area contributed by atoms with E-state index < -0.39 is 0 Å². The fourth-order valence-corrected chi connectivity index (χ4v) is 2.13. The maximum absolute atomic E-state index is 11.7. The van der Waals surface area contributed by atoms with Crippen LogP contribution in [-0.4, -0.2) is 12.8 Å². The number of carbonyl (C=O) groups excluding carboxylic acids is 1. The van der Waals surface area contributed by atoms with E-state index in [1.165, 1.54) is 6.92 Å². The molecule has 0 bridgehead atoms. The summed E-state index contributed by atoms with van der Waals surface area (Å²) in [4.78, 5) is 13.7. The molecule has 0 saturated carbocycles. The third-order valence-electron chi connectivity index (χ3n) is 3.29. The van der Waals surface area contributed by atoms with Crippen LogP contribution < -0.4 is 4.90 Å². The molecule has 0 aliphatic rings. The van der Waals surface area contributed by atoms with Gasteiger partial charge in [-0.15, -0.1) is 0 Å². The summed E-state index contributed by atoms with van der Waals surface area (Å²) in [6.07, 6.45) is 1.65. The van der Waals surface area contributed by atoms with Crippen molar-refractivity contribution in [2.24, 2.45) is 0 Å². The van der Waals surface area contributed by atoms with Crippen LogP contribution in [0.1, 0.15) is 34.2 Å². The molecule has 0 N–H and O–H groups in total. The minimum absolute atomic E-state index is 0.0137. The van der Waals surface area contributed by atoms with Crippen LogP contribution in [0.15, 0.2) is 34.9 Å². The minimum atomic E-state index is -0.0137. The summed E-state index contributed by atoms with van der Waals surface area (Å²) in [6.45, 7) is 4.06. The van der Waals surface area contributed by atoms with Crippen molar-refractivity contribution in [3.05, 3.63) is 53.0 Å². The van der Waals surface area contributed by atoms with Gasteiger partial charge in [-0.2, -0.15) is 5.26 Å². The molecule has 1 aromatic heterocycles. The van der Waals surface area contributed by atoms with Crippen molar-refractivity contribution in [3.8, 4) is 6.07 Å². The molecular formula is C16H16N2O2. The quantitative estimate of drug-likeness (QED) is 0.798. The highest BCUT2D eigenvalue weighted by Gasteiger charge is 2.14. The summed E-state index contributed by atoms with van der Waals surface area (Å²) < 4.78 is 5.28. The van der Waals surface area contributed by atoms with E-state index in [4.69, 9.17) is 9.68 Å². The Morgan fingerprint density at radius 3 is 2.70 bits per heavy atom. The molecule has 1 heterocycles. The maximum atomic E-state index is 11.7. The standard InChI is InChI=1S/C16H16N2O2/c1-11(19)15-5-4-13(9-17)8-16(15)18(3)10-14-6-7-20-12(14)2/h4-8H,10H2,1-3H3. The molecule has 0 spiro atoms. The molecule has 1 aromatic carbocycles. The second-order valence-corrected chi connectivity index (χ2v) is 4.76. The summed E-state index contributed by atoms with van der Waals surface area (Å²) >= 11 is 0. The highest BCUT2D eigenvalue weighted by molar-refractivity contribution is 6.00. The first-order chi connectivity index (χ1) is 9.52. The summed E-state index contributed by atoms with van der Waals surface area (Å²) in [6, 6.07) is 9.12. The molecule has 4 nitrogen and oxygen atoms in total. The number of benzene rings is 1. The molecular weight excluding hydrogens is 252 g/mol. The predicted octanol–water partition coefficient (Wildman–Crippen LogP) is 3.30. The zero-order chi connectivity index (χ0) is 14.7. The van der Waals surface area contributed by atoms with Crippen molar-refractivity contribution in [2.75, 3.05) is 11.9 Å². The SMILES string of the molecule is CC(=O)c1ccc(C#N)cc1N(C)Cc1ccoc1C. The number of hydrogen-bond donors (Lipinski definition) is 0. The molecule has 4 heteroatoms. The number of anilines is 1. The number of nitriles is 1. The largest absolute Gasteiger partial charge is 0.469 e. The van der Waals surface area contributed by atoms with Gasteiger partial charge in [-0.25, -0.2) is 0 Å². The van der Waals surface area contributed by atoms with E-state index in [0.29, 0.717) is 17.7 Å². The van der Waals surface area contributed by atoms with Crippen molar-refractivity contribution in [1.29, 1.82) is 5.26 Å². The first kappa shape index (κ1) is 13.9. The Bertz CT molecular complexity index is 680. The summed E-state index contributed by atoms with van der Waals surface area (Å²) in [7, 11) is 1.90. The Labute approximate surface area is 118 Å². The van der Waals surface area contributed by atoms with Gasteiger partial charge in [0.1, 0.15) is 5.76 Å². The Morgan fingerprint density at radius 1 is 1.40 bits per heavy atom. The van der Waals surface area contributed by atoms with E-state index in [1.54, 1.807) is 24.5 Å². The van der Waals surface area contributed by atoms with Crippen LogP contribution in [0.5, 0.6) is 0 Å². The highest BCUT2D eigenvalue weighted by atomic mass is 16.3. The van der Waals surface area contributed by atoms with Crippen LogP contribution in [0.3, 0.4) is 0 Å². The molecule has 0 aliphatic carbocycles. The lowest BCUT2D eigenvalue weighted by Gasteiger charge is -2.21. The van der Waals surface area contributed by atoms with Gasteiger partial charge in [0, 0.05) is 30.4 Å².